The van der Waals surface area contributed by atoms with Crippen molar-refractivity contribution in [3.8, 4) is 17.4 Å². The van der Waals surface area contributed by atoms with Gasteiger partial charge in [0.25, 0.3) is 5.91 Å². The number of nitrogens with zero attached hydrogens (tertiary/aromatic N) is 1. The summed E-state index contributed by atoms with van der Waals surface area (Å²) in [7, 11) is 0. The van der Waals surface area contributed by atoms with Gasteiger partial charge in [-0.1, -0.05) is 17.7 Å². The van der Waals surface area contributed by atoms with Crippen LogP contribution in [0.4, 0.5) is 5.69 Å². The predicted molar refractivity (Wildman–Crippen MR) is 116 cm³/mol. The van der Waals surface area contributed by atoms with Gasteiger partial charge in [0.05, 0.1) is 11.1 Å². The van der Waals surface area contributed by atoms with Gasteiger partial charge in [-0.25, -0.2) is 9.59 Å². The summed E-state index contributed by atoms with van der Waals surface area (Å²) in [4.78, 5) is 35.1. The number of carboxylic acids is 2. The number of aryl methyl sites for hydroxylation is 2. The van der Waals surface area contributed by atoms with Crippen LogP contribution in [0.15, 0.2) is 58.5 Å². The fraction of sp³-hybridized carbons (Fsp3) is 0.0833. The van der Waals surface area contributed by atoms with Crippen molar-refractivity contribution in [2.24, 2.45) is 0 Å². The first-order valence-corrected chi connectivity index (χ1v) is 9.40. The topological polar surface area (TPSA) is 141 Å². The molecule has 0 saturated heterocycles. The van der Waals surface area contributed by atoms with Gasteiger partial charge < -0.3 is 19.9 Å². The molecule has 0 radical (unpaired) electrons. The number of anilines is 1. The highest BCUT2D eigenvalue weighted by molar-refractivity contribution is 6.09. The molecule has 1 aromatic heterocycles. The van der Waals surface area contributed by atoms with Crippen molar-refractivity contribution in [2.75, 3.05) is 5.32 Å². The molecule has 0 atom stereocenters. The van der Waals surface area contributed by atoms with E-state index < -0.39 is 17.8 Å². The van der Waals surface area contributed by atoms with Gasteiger partial charge in [-0.05, 0) is 55.8 Å². The van der Waals surface area contributed by atoms with Crippen LogP contribution in [0.2, 0.25) is 0 Å². The zero-order valence-corrected chi connectivity index (χ0v) is 17.2. The van der Waals surface area contributed by atoms with Gasteiger partial charge in [0, 0.05) is 17.3 Å². The number of aromatic carboxylic acids is 2. The average Bonchev–Trinajstić information content (AvgIpc) is 3.22. The molecule has 0 spiro atoms. The number of carbonyl (C=O) groups excluding carboxylic acids is 1. The molecule has 8 nitrogen and oxygen atoms in total. The van der Waals surface area contributed by atoms with Crippen LogP contribution >= 0.6 is 0 Å². The van der Waals surface area contributed by atoms with E-state index in [4.69, 9.17) is 4.42 Å². The average molecular weight is 430 g/mol. The maximum atomic E-state index is 12.5. The first kappa shape index (κ1) is 22.1. The Morgan fingerprint density at radius 3 is 2.19 bits per heavy atom. The van der Waals surface area contributed by atoms with Crippen LogP contribution < -0.4 is 5.32 Å². The number of carboxylic acid groups (broad SMARTS) is 2. The normalized spacial score (nSPS) is 11.0. The standard InChI is InChI=1S/C24H18N2O6/c1-13-3-5-20(14(2)7-13)26-22(27)18(12-25)11-19-4-6-21(32-19)15-8-16(23(28)29)10-17(9-15)24(30)31/h3-11H,1-2H3,(H,26,27)(H,28,29)(H,30,31)/b18-11+. The molecule has 0 bridgehead atoms. The smallest absolute Gasteiger partial charge is 0.335 e. The lowest BCUT2D eigenvalue weighted by Gasteiger charge is -2.08. The Balaban J connectivity index is 1.90. The van der Waals surface area contributed by atoms with Crippen LogP contribution in [0.1, 0.15) is 37.6 Å². The lowest BCUT2D eigenvalue weighted by atomic mass is 10.0. The minimum atomic E-state index is -1.28. The molecule has 0 saturated carbocycles. The van der Waals surface area contributed by atoms with E-state index in [-0.39, 0.29) is 33.8 Å². The number of hydrogen-bond donors (Lipinski definition) is 3. The monoisotopic (exact) mass is 430 g/mol. The number of rotatable bonds is 6. The van der Waals surface area contributed by atoms with E-state index in [1.165, 1.54) is 30.3 Å². The summed E-state index contributed by atoms with van der Waals surface area (Å²) in [6.07, 6.45) is 1.25. The molecule has 32 heavy (non-hydrogen) atoms. The van der Waals surface area contributed by atoms with Crippen LogP contribution in [0.3, 0.4) is 0 Å². The van der Waals surface area contributed by atoms with Crippen molar-refractivity contribution in [2.45, 2.75) is 13.8 Å². The fourth-order valence-corrected chi connectivity index (χ4v) is 3.04. The third kappa shape index (κ3) is 4.91. The molecule has 160 valence electrons. The Kier molecular flexibility index (Phi) is 6.21. The molecule has 3 aromatic rings. The van der Waals surface area contributed by atoms with Crippen LogP contribution in [0, 0.1) is 25.2 Å². The largest absolute Gasteiger partial charge is 0.478 e. The van der Waals surface area contributed by atoms with Crippen LogP contribution in [0.25, 0.3) is 17.4 Å². The minimum absolute atomic E-state index is 0.171. The fourth-order valence-electron chi connectivity index (χ4n) is 3.04. The molecule has 1 heterocycles. The van der Waals surface area contributed by atoms with E-state index in [0.29, 0.717) is 5.69 Å². The van der Waals surface area contributed by atoms with E-state index >= 15 is 0 Å². The minimum Gasteiger partial charge on any atom is -0.478 e. The van der Waals surface area contributed by atoms with Crippen molar-refractivity contribution in [1.29, 1.82) is 5.26 Å². The summed E-state index contributed by atoms with van der Waals surface area (Å²) in [6, 6.07) is 13.9. The van der Waals surface area contributed by atoms with E-state index in [1.54, 1.807) is 6.07 Å². The second-order valence-corrected chi connectivity index (χ2v) is 7.05. The maximum Gasteiger partial charge on any atom is 0.335 e. The Labute approximate surface area is 183 Å². The van der Waals surface area contributed by atoms with Crippen LogP contribution in [0.5, 0.6) is 0 Å². The van der Waals surface area contributed by atoms with Crippen molar-refractivity contribution in [3.63, 3.8) is 0 Å². The van der Waals surface area contributed by atoms with Gasteiger partial charge in [-0.3, -0.25) is 4.79 Å². The zero-order valence-electron chi connectivity index (χ0n) is 17.2. The summed E-state index contributed by atoms with van der Waals surface area (Å²) in [5.41, 5.74) is 2.09. The van der Waals surface area contributed by atoms with Gasteiger partial charge >= 0.3 is 11.9 Å². The lowest BCUT2D eigenvalue weighted by Crippen LogP contribution is -2.14. The van der Waals surface area contributed by atoms with E-state index in [2.05, 4.69) is 5.32 Å². The van der Waals surface area contributed by atoms with E-state index in [1.807, 2.05) is 32.0 Å². The van der Waals surface area contributed by atoms with Gasteiger partial charge in [0.2, 0.25) is 0 Å². The number of furan rings is 1. The van der Waals surface area contributed by atoms with Gasteiger partial charge in [0.15, 0.2) is 0 Å². The molecular formula is C24H18N2O6. The summed E-state index contributed by atoms with van der Waals surface area (Å²) in [5.74, 6) is -2.82. The van der Waals surface area contributed by atoms with Crippen molar-refractivity contribution in [3.05, 3.63) is 82.1 Å². The number of nitriles is 1. The lowest BCUT2D eigenvalue weighted by molar-refractivity contribution is -0.112. The Morgan fingerprint density at radius 2 is 1.62 bits per heavy atom. The molecule has 0 unspecified atom stereocenters. The highest BCUT2D eigenvalue weighted by atomic mass is 16.4. The molecule has 0 aliphatic heterocycles. The number of nitrogens with one attached hydrogen (secondary N) is 1. The molecule has 0 fully saturated rings. The molecule has 0 aliphatic carbocycles. The van der Waals surface area contributed by atoms with Gasteiger partial charge in [0.1, 0.15) is 23.2 Å². The summed E-state index contributed by atoms with van der Waals surface area (Å²) >= 11 is 0. The molecule has 2 aromatic carbocycles. The van der Waals surface area contributed by atoms with Gasteiger partial charge in [-0.15, -0.1) is 0 Å². The van der Waals surface area contributed by atoms with Crippen molar-refractivity contribution >= 4 is 29.6 Å². The number of carbonyl (C=O) groups is 3. The summed E-state index contributed by atoms with van der Waals surface area (Å²) < 4.78 is 5.62. The zero-order chi connectivity index (χ0) is 23.4. The number of amides is 1. The number of hydrogen-bond acceptors (Lipinski definition) is 5. The summed E-state index contributed by atoms with van der Waals surface area (Å²) in [5, 5.41) is 30.5. The molecule has 8 heteroatoms. The predicted octanol–water partition coefficient (Wildman–Crippen LogP) is 4.51. The second-order valence-electron chi connectivity index (χ2n) is 7.05. The SMILES string of the molecule is Cc1ccc(NC(=O)/C(C#N)=C/c2ccc(-c3cc(C(=O)O)cc(C(=O)O)c3)o2)c(C)c1. The Hall–Kier alpha value is -4.64. The Bertz CT molecular complexity index is 1280. The highest BCUT2D eigenvalue weighted by Crippen LogP contribution is 2.26. The van der Waals surface area contributed by atoms with Crippen LogP contribution in [-0.2, 0) is 4.79 Å². The van der Waals surface area contributed by atoms with Crippen LogP contribution in [-0.4, -0.2) is 28.1 Å². The first-order valence-electron chi connectivity index (χ1n) is 9.40. The molecule has 3 N–H and O–H groups in total. The molecule has 3 rings (SSSR count). The van der Waals surface area contributed by atoms with Crippen molar-refractivity contribution < 1.29 is 29.0 Å². The third-order valence-electron chi connectivity index (χ3n) is 4.62. The Morgan fingerprint density at radius 1 is 0.969 bits per heavy atom. The number of benzene rings is 2. The summed E-state index contributed by atoms with van der Waals surface area (Å²) in [6.45, 7) is 3.77. The van der Waals surface area contributed by atoms with E-state index in [0.717, 1.165) is 17.2 Å². The quantitative estimate of drug-likeness (QED) is 0.386. The van der Waals surface area contributed by atoms with Gasteiger partial charge in [-0.2, -0.15) is 5.26 Å². The first-order chi connectivity index (χ1) is 15.2. The molecule has 0 aliphatic rings. The third-order valence-corrected chi connectivity index (χ3v) is 4.62. The van der Waals surface area contributed by atoms with E-state index in [9.17, 15) is 29.9 Å². The van der Waals surface area contributed by atoms with Crippen molar-refractivity contribution in [1.82, 2.24) is 0 Å². The maximum absolute atomic E-state index is 12.5. The second kappa shape index (κ2) is 9.02. The highest BCUT2D eigenvalue weighted by Gasteiger charge is 2.16. The molecular weight excluding hydrogens is 412 g/mol. The molecule has 1 amide bonds.